The zero-order chi connectivity index (χ0) is 22.5. The quantitative estimate of drug-likeness (QED) is 0.572. The molecule has 5 rings (SSSR count). The van der Waals surface area contributed by atoms with Gasteiger partial charge in [0.1, 0.15) is 37.6 Å². The highest BCUT2D eigenvalue weighted by atomic mass is 16.8. The van der Waals surface area contributed by atoms with Gasteiger partial charge in [-0.25, -0.2) is 19.3 Å². The van der Waals surface area contributed by atoms with Gasteiger partial charge in [0, 0.05) is 13.3 Å². The van der Waals surface area contributed by atoms with Crippen LogP contribution >= 0.6 is 0 Å². The van der Waals surface area contributed by atoms with Gasteiger partial charge in [-0.15, -0.1) is 0 Å². The molecule has 4 heterocycles. The number of ether oxygens (including phenoxy) is 5. The predicted octanol–water partition coefficient (Wildman–Crippen LogP) is 0.354. The first kappa shape index (κ1) is 21.2. The van der Waals surface area contributed by atoms with Crippen molar-refractivity contribution in [2.75, 3.05) is 13.7 Å². The van der Waals surface area contributed by atoms with Crippen molar-refractivity contribution in [2.24, 2.45) is 0 Å². The van der Waals surface area contributed by atoms with Crippen LogP contribution in [0, 0.1) is 0 Å². The van der Waals surface area contributed by atoms with Gasteiger partial charge in [0.05, 0.1) is 0 Å². The van der Waals surface area contributed by atoms with Crippen molar-refractivity contribution >= 4 is 5.97 Å². The predicted molar refractivity (Wildman–Crippen MR) is 106 cm³/mol. The molecule has 1 aliphatic carbocycles. The molecule has 0 bridgehead atoms. The second-order valence-corrected chi connectivity index (χ2v) is 8.60. The van der Waals surface area contributed by atoms with Crippen LogP contribution in [0.25, 0.3) is 5.82 Å². The topological polar surface area (TPSA) is 129 Å². The van der Waals surface area contributed by atoms with Gasteiger partial charge >= 0.3 is 11.7 Å². The van der Waals surface area contributed by atoms with Gasteiger partial charge in [-0.3, -0.25) is 4.57 Å². The molecule has 12 heteroatoms. The number of fused-ring (bicyclic) bond motifs is 1. The Bertz CT molecular complexity index is 1040. The van der Waals surface area contributed by atoms with E-state index >= 15 is 0 Å². The van der Waals surface area contributed by atoms with Crippen LogP contribution in [-0.2, 0) is 28.5 Å². The number of esters is 1. The summed E-state index contributed by atoms with van der Waals surface area (Å²) >= 11 is 0. The fraction of sp³-hybridized carbons (Fsp3) is 0.650. The van der Waals surface area contributed by atoms with Crippen molar-refractivity contribution in [2.45, 2.75) is 69.0 Å². The van der Waals surface area contributed by atoms with E-state index in [1.54, 1.807) is 26.1 Å². The van der Waals surface area contributed by atoms with Crippen molar-refractivity contribution in [1.82, 2.24) is 24.3 Å². The molecule has 172 valence electrons. The Morgan fingerprint density at radius 2 is 2.06 bits per heavy atom. The van der Waals surface area contributed by atoms with E-state index in [9.17, 15) is 9.59 Å². The third-order valence-corrected chi connectivity index (χ3v) is 6.17. The highest BCUT2D eigenvalue weighted by Gasteiger charge is 2.57. The average molecular weight is 447 g/mol. The first-order valence-corrected chi connectivity index (χ1v) is 10.5. The summed E-state index contributed by atoms with van der Waals surface area (Å²) in [5.74, 6) is -0.957. The molecule has 0 unspecified atom stereocenters. The van der Waals surface area contributed by atoms with E-state index in [1.807, 2.05) is 0 Å². The Labute approximate surface area is 183 Å². The maximum Gasteiger partial charge on any atom is 0.351 e. The summed E-state index contributed by atoms with van der Waals surface area (Å²) in [6.45, 7) is 3.53. The number of aromatic nitrogens is 5. The molecular weight excluding hydrogens is 422 g/mol. The zero-order valence-corrected chi connectivity index (χ0v) is 18.0. The molecule has 4 atom stereocenters. The number of hydrogen-bond acceptors (Lipinski definition) is 10. The third-order valence-electron chi connectivity index (χ3n) is 6.17. The van der Waals surface area contributed by atoms with E-state index in [0.29, 0.717) is 18.7 Å². The van der Waals surface area contributed by atoms with Gasteiger partial charge in [0.15, 0.2) is 23.4 Å². The zero-order valence-electron chi connectivity index (χ0n) is 18.0. The molecule has 3 aliphatic rings. The van der Waals surface area contributed by atoms with Crippen LogP contribution in [0.1, 0.15) is 39.3 Å². The van der Waals surface area contributed by atoms with Gasteiger partial charge in [0.2, 0.25) is 0 Å². The summed E-state index contributed by atoms with van der Waals surface area (Å²) in [6, 6.07) is 1.63. The lowest BCUT2D eigenvalue weighted by Gasteiger charge is -2.37. The van der Waals surface area contributed by atoms with E-state index in [4.69, 9.17) is 23.7 Å². The van der Waals surface area contributed by atoms with E-state index in [0.717, 1.165) is 6.42 Å². The SMILES string of the molecule is COC1(C(=O)OC[C@H]2O[C@@H](n3ccc(-n4cncn4)nc3=O)[C@@H]3OC(C)(C)O[C@@H]32)CCC1. The highest BCUT2D eigenvalue weighted by molar-refractivity contribution is 5.80. The fourth-order valence-electron chi connectivity index (χ4n) is 4.35. The van der Waals surface area contributed by atoms with E-state index < -0.39 is 47.6 Å². The Balaban J connectivity index is 1.36. The average Bonchev–Trinajstić information content (AvgIpc) is 3.42. The van der Waals surface area contributed by atoms with E-state index in [-0.39, 0.29) is 6.61 Å². The van der Waals surface area contributed by atoms with Gasteiger partial charge < -0.3 is 23.7 Å². The minimum atomic E-state index is -0.876. The third kappa shape index (κ3) is 3.52. The molecule has 0 spiro atoms. The van der Waals surface area contributed by atoms with Crippen molar-refractivity contribution in [1.29, 1.82) is 0 Å². The molecular formula is C20H25N5O7. The number of carbonyl (C=O) groups is 1. The van der Waals surface area contributed by atoms with E-state index in [1.165, 1.54) is 29.0 Å². The number of rotatable bonds is 6. The van der Waals surface area contributed by atoms with Gasteiger partial charge in [-0.05, 0) is 39.2 Å². The van der Waals surface area contributed by atoms with Crippen LogP contribution in [0.15, 0.2) is 29.7 Å². The van der Waals surface area contributed by atoms with Gasteiger partial charge in [0.25, 0.3) is 0 Å². The lowest BCUT2D eigenvalue weighted by molar-refractivity contribution is -0.208. The smallest absolute Gasteiger partial charge is 0.351 e. The van der Waals surface area contributed by atoms with Gasteiger partial charge in [-0.1, -0.05) is 0 Å². The molecule has 12 nitrogen and oxygen atoms in total. The van der Waals surface area contributed by atoms with Crippen LogP contribution in [0.2, 0.25) is 0 Å². The van der Waals surface area contributed by atoms with E-state index in [2.05, 4.69) is 15.1 Å². The first-order valence-electron chi connectivity index (χ1n) is 10.5. The van der Waals surface area contributed by atoms with Crippen molar-refractivity contribution in [3.63, 3.8) is 0 Å². The normalized spacial score (nSPS) is 30.0. The van der Waals surface area contributed by atoms with Crippen molar-refractivity contribution in [3.05, 3.63) is 35.4 Å². The fourth-order valence-corrected chi connectivity index (χ4v) is 4.35. The maximum absolute atomic E-state index is 12.8. The minimum Gasteiger partial charge on any atom is -0.461 e. The first-order chi connectivity index (χ1) is 15.3. The molecule has 1 saturated carbocycles. The second kappa shape index (κ2) is 7.73. The van der Waals surface area contributed by atoms with Crippen molar-refractivity contribution in [3.8, 4) is 5.82 Å². The van der Waals surface area contributed by atoms with Crippen molar-refractivity contribution < 1.29 is 28.5 Å². The molecule has 2 aliphatic heterocycles. The molecule has 3 fully saturated rings. The molecule has 0 radical (unpaired) electrons. The lowest BCUT2D eigenvalue weighted by atomic mass is 9.80. The molecule has 2 aromatic heterocycles. The van der Waals surface area contributed by atoms with Crippen LogP contribution in [-0.4, -0.2) is 73.7 Å². The maximum atomic E-state index is 12.8. The lowest BCUT2D eigenvalue weighted by Crippen LogP contribution is -2.49. The number of methoxy groups -OCH3 is 1. The van der Waals surface area contributed by atoms with Crippen LogP contribution < -0.4 is 5.69 Å². The molecule has 0 N–H and O–H groups in total. The van der Waals surface area contributed by atoms with Crippen LogP contribution in [0.5, 0.6) is 0 Å². The Kier molecular flexibility index (Phi) is 5.12. The molecule has 2 aromatic rings. The van der Waals surface area contributed by atoms with Crippen LogP contribution in [0.4, 0.5) is 0 Å². The number of nitrogens with zero attached hydrogens (tertiary/aromatic N) is 5. The standard InChI is InChI=1S/C20H25N5O7/c1-19(2)31-14-12(9-29-17(26)20(28-3)6-4-7-20)30-16(15(14)32-19)24-8-5-13(23-18(24)27)25-11-21-10-22-25/h5,8,10-12,14-16H,4,6-7,9H2,1-3H3/t12-,14-,15-,16-/m1/s1. The minimum absolute atomic E-state index is 0.0414. The summed E-state index contributed by atoms with van der Waals surface area (Å²) in [4.78, 5) is 33.2. The second-order valence-electron chi connectivity index (χ2n) is 8.60. The molecule has 0 amide bonds. The number of carbonyl (C=O) groups excluding carboxylic acids is 1. The Morgan fingerprint density at radius 1 is 1.28 bits per heavy atom. The summed E-state index contributed by atoms with van der Waals surface area (Å²) in [5, 5.41) is 3.98. The largest absolute Gasteiger partial charge is 0.461 e. The summed E-state index contributed by atoms with van der Waals surface area (Å²) in [6.07, 6.45) is 4.03. The highest BCUT2D eigenvalue weighted by Crippen LogP contribution is 2.43. The van der Waals surface area contributed by atoms with Gasteiger partial charge in [-0.2, -0.15) is 10.1 Å². The van der Waals surface area contributed by atoms with Crippen LogP contribution in [0.3, 0.4) is 0 Å². The Morgan fingerprint density at radius 3 is 2.69 bits per heavy atom. The summed E-state index contributed by atoms with van der Waals surface area (Å²) < 4.78 is 31.8. The number of hydrogen-bond donors (Lipinski definition) is 0. The molecule has 0 aromatic carbocycles. The Hall–Kier alpha value is -2.67. The molecule has 2 saturated heterocycles. The summed E-state index contributed by atoms with van der Waals surface area (Å²) in [7, 11) is 1.51. The summed E-state index contributed by atoms with van der Waals surface area (Å²) in [5.41, 5.74) is -1.41. The molecule has 32 heavy (non-hydrogen) atoms. The monoisotopic (exact) mass is 447 g/mol.